The summed E-state index contributed by atoms with van der Waals surface area (Å²) in [6.07, 6.45) is 3.58. The van der Waals surface area contributed by atoms with Crippen molar-refractivity contribution in [3.05, 3.63) is 90.1 Å². The van der Waals surface area contributed by atoms with Crippen LogP contribution in [0.1, 0.15) is 34.7 Å². The number of carbonyl (C=O) groups is 1. The molecule has 0 bridgehead atoms. The fourth-order valence-corrected chi connectivity index (χ4v) is 4.80. The summed E-state index contributed by atoms with van der Waals surface area (Å²) in [5.74, 6) is 2.78. The van der Waals surface area contributed by atoms with Crippen LogP contribution in [0, 0.1) is 0 Å². The van der Waals surface area contributed by atoms with Gasteiger partial charge in [-0.15, -0.1) is 0 Å². The van der Waals surface area contributed by atoms with E-state index in [-0.39, 0.29) is 5.91 Å². The third-order valence-corrected chi connectivity index (χ3v) is 6.75. The normalized spacial score (nSPS) is 14.1. The number of methoxy groups -OCH3 is 2. The van der Waals surface area contributed by atoms with Crippen LogP contribution in [-0.4, -0.2) is 43.1 Å². The summed E-state index contributed by atoms with van der Waals surface area (Å²) >= 11 is 0. The molecule has 35 heavy (non-hydrogen) atoms. The Bertz CT molecular complexity index is 1330. The van der Waals surface area contributed by atoms with E-state index >= 15 is 0 Å². The first-order chi connectivity index (χ1) is 17.2. The Morgan fingerprint density at radius 3 is 2.29 bits per heavy atom. The largest absolute Gasteiger partial charge is 0.497 e. The zero-order valence-electron chi connectivity index (χ0n) is 20.0. The molecule has 0 saturated carbocycles. The van der Waals surface area contributed by atoms with Gasteiger partial charge in [0, 0.05) is 24.7 Å². The Morgan fingerprint density at radius 2 is 1.57 bits per heavy atom. The van der Waals surface area contributed by atoms with Crippen molar-refractivity contribution in [3.8, 4) is 11.5 Å². The van der Waals surface area contributed by atoms with Gasteiger partial charge in [0.15, 0.2) is 0 Å². The van der Waals surface area contributed by atoms with Crippen LogP contribution >= 0.6 is 0 Å². The van der Waals surface area contributed by atoms with Gasteiger partial charge in [-0.2, -0.15) is 0 Å². The van der Waals surface area contributed by atoms with Gasteiger partial charge < -0.3 is 19.7 Å². The lowest BCUT2D eigenvalue weighted by atomic mass is 9.89. The maximum atomic E-state index is 13.5. The van der Waals surface area contributed by atoms with Crippen molar-refractivity contribution in [2.45, 2.75) is 18.8 Å². The monoisotopic (exact) mass is 467 g/mol. The second-order valence-corrected chi connectivity index (χ2v) is 8.73. The number of pyridine rings is 1. The first-order valence-corrected chi connectivity index (χ1v) is 11.9. The Kier molecular flexibility index (Phi) is 6.53. The van der Waals surface area contributed by atoms with Gasteiger partial charge in [0.05, 0.1) is 25.5 Å². The number of benzene rings is 3. The Balaban J connectivity index is 1.35. The fraction of sp³-hybridized carbons (Fsp3) is 0.241. The minimum Gasteiger partial charge on any atom is -0.497 e. The van der Waals surface area contributed by atoms with E-state index < -0.39 is 0 Å². The number of hydrogen-bond donors (Lipinski definition) is 1. The first kappa shape index (κ1) is 22.7. The van der Waals surface area contributed by atoms with E-state index in [2.05, 4.69) is 22.4 Å². The average Bonchev–Trinajstić information content (AvgIpc) is 2.93. The van der Waals surface area contributed by atoms with Gasteiger partial charge in [0.1, 0.15) is 17.3 Å². The minimum absolute atomic E-state index is 0.0331. The van der Waals surface area contributed by atoms with E-state index in [1.807, 2.05) is 65.6 Å². The molecule has 3 aromatic carbocycles. The number of carbonyl (C=O) groups excluding carboxylic acids is 1. The van der Waals surface area contributed by atoms with E-state index in [4.69, 9.17) is 9.47 Å². The van der Waals surface area contributed by atoms with Crippen LogP contribution in [0.4, 0.5) is 11.5 Å². The number of hydrogen-bond acceptors (Lipinski definition) is 5. The van der Waals surface area contributed by atoms with Crippen molar-refractivity contribution >= 4 is 28.2 Å². The molecule has 2 heterocycles. The van der Waals surface area contributed by atoms with Crippen molar-refractivity contribution in [1.29, 1.82) is 0 Å². The summed E-state index contributed by atoms with van der Waals surface area (Å²) in [5, 5.41) is 5.17. The van der Waals surface area contributed by atoms with Crippen LogP contribution in [0.15, 0.2) is 79.0 Å². The zero-order valence-corrected chi connectivity index (χ0v) is 20.0. The topological polar surface area (TPSA) is 63.7 Å². The Hall–Kier alpha value is -4.06. The molecule has 0 aliphatic carbocycles. The summed E-state index contributed by atoms with van der Waals surface area (Å²) in [4.78, 5) is 20.1. The smallest absolute Gasteiger partial charge is 0.256 e. The average molecular weight is 468 g/mol. The molecule has 1 aromatic heterocycles. The van der Waals surface area contributed by atoms with Crippen LogP contribution in [-0.2, 0) is 0 Å². The molecule has 0 unspecified atom stereocenters. The Labute approximate surface area is 205 Å². The quantitative estimate of drug-likeness (QED) is 0.376. The number of piperidine rings is 1. The second kappa shape index (κ2) is 10.1. The minimum atomic E-state index is 0.0331. The molecule has 4 aromatic rings. The SMILES string of the molecule is COc1ccc(C2CCN(C(=O)c3cnc(Nc4ccccc4OC)c4ccccc34)CC2)cc1. The van der Waals surface area contributed by atoms with Crippen LogP contribution in [0.25, 0.3) is 10.8 Å². The molecular weight excluding hydrogens is 438 g/mol. The molecule has 6 heteroatoms. The van der Waals surface area contributed by atoms with E-state index in [9.17, 15) is 4.79 Å². The number of nitrogens with one attached hydrogen (secondary N) is 1. The van der Waals surface area contributed by atoms with Crippen LogP contribution < -0.4 is 14.8 Å². The standard InChI is InChI=1S/C29H29N3O3/c1-34-22-13-11-20(12-14-22)21-15-17-32(18-16-21)29(33)25-19-30-28(24-8-4-3-7-23(24)25)31-26-9-5-6-10-27(26)35-2/h3-14,19,21H,15-18H2,1-2H3,(H,30,31). The van der Waals surface area contributed by atoms with Crippen LogP contribution in [0.3, 0.4) is 0 Å². The highest BCUT2D eigenvalue weighted by Crippen LogP contribution is 2.33. The van der Waals surface area contributed by atoms with Gasteiger partial charge in [-0.25, -0.2) is 4.98 Å². The van der Waals surface area contributed by atoms with Gasteiger partial charge in [-0.05, 0) is 54.0 Å². The molecule has 1 amide bonds. The number of fused-ring (bicyclic) bond motifs is 1. The maximum absolute atomic E-state index is 13.5. The number of likely N-dealkylation sites (tertiary alicyclic amines) is 1. The van der Waals surface area contributed by atoms with Gasteiger partial charge in [0.2, 0.25) is 0 Å². The van der Waals surface area contributed by atoms with Crippen molar-refractivity contribution in [2.24, 2.45) is 0 Å². The number of nitrogens with zero attached hydrogens (tertiary/aromatic N) is 2. The van der Waals surface area contributed by atoms with Crippen molar-refractivity contribution in [1.82, 2.24) is 9.88 Å². The Morgan fingerprint density at radius 1 is 0.886 bits per heavy atom. The fourth-order valence-electron chi connectivity index (χ4n) is 4.80. The predicted molar refractivity (Wildman–Crippen MR) is 139 cm³/mol. The van der Waals surface area contributed by atoms with Crippen LogP contribution in [0.5, 0.6) is 11.5 Å². The van der Waals surface area contributed by atoms with Crippen LogP contribution in [0.2, 0.25) is 0 Å². The molecular formula is C29H29N3O3. The zero-order chi connectivity index (χ0) is 24.2. The number of ether oxygens (including phenoxy) is 2. The summed E-state index contributed by atoms with van der Waals surface area (Å²) in [7, 11) is 3.32. The number of anilines is 2. The van der Waals surface area contributed by atoms with E-state index in [0.29, 0.717) is 17.3 Å². The second-order valence-electron chi connectivity index (χ2n) is 8.73. The van der Waals surface area contributed by atoms with E-state index in [0.717, 1.165) is 53.9 Å². The highest BCUT2D eigenvalue weighted by molar-refractivity contribution is 6.09. The maximum Gasteiger partial charge on any atom is 0.256 e. The lowest BCUT2D eigenvalue weighted by molar-refractivity contribution is 0.0714. The molecule has 0 spiro atoms. The van der Waals surface area contributed by atoms with E-state index in [1.54, 1.807) is 20.4 Å². The summed E-state index contributed by atoms with van der Waals surface area (Å²) in [5.41, 5.74) is 2.76. The van der Waals surface area contributed by atoms with Gasteiger partial charge >= 0.3 is 0 Å². The molecule has 0 radical (unpaired) electrons. The van der Waals surface area contributed by atoms with Gasteiger partial charge in [-0.1, -0.05) is 48.5 Å². The van der Waals surface area contributed by atoms with Crippen molar-refractivity contribution in [3.63, 3.8) is 0 Å². The summed E-state index contributed by atoms with van der Waals surface area (Å²) < 4.78 is 10.7. The van der Waals surface area contributed by atoms with Gasteiger partial charge in [-0.3, -0.25) is 4.79 Å². The first-order valence-electron chi connectivity index (χ1n) is 11.9. The third kappa shape index (κ3) is 4.64. The highest BCUT2D eigenvalue weighted by atomic mass is 16.5. The number of aromatic nitrogens is 1. The lowest BCUT2D eigenvalue weighted by Gasteiger charge is -2.32. The van der Waals surface area contributed by atoms with Crippen molar-refractivity contribution in [2.75, 3.05) is 32.6 Å². The lowest BCUT2D eigenvalue weighted by Crippen LogP contribution is -2.38. The molecule has 1 fully saturated rings. The molecule has 1 aliphatic rings. The van der Waals surface area contributed by atoms with Crippen molar-refractivity contribution < 1.29 is 14.3 Å². The third-order valence-electron chi connectivity index (χ3n) is 6.75. The molecule has 1 N–H and O–H groups in total. The van der Waals surface area contributed by atoms with E-state index in [1.165, 1.54) is 5.56 Å². The number of amides is 1. The molecule has 0 atom stereocenters. The number of rotatable bonds is 6. The predicted octanol–water partition coefficient (Wildman–Crippen LogP) is 6.02. The summed E-state index contributed by atoms with van der Waals surface area (Å²) in [6, 6.07) is 23.9. The molecule has 178 valence electrons. The molecule has 1 saturated heterocycles. The summed E-state index contributed by atoms with van der Waals surface area (Å²) in [6.45, 7) is 1.45. The number of para-hydroxylation sites is 2. The molecule has 1 aliphatic heterocycles. The molecule has 5 rings (SSSR count). The molecule has 6 nitrogen and oxygen atoms in total. The van der Waals surface area contributed by atoms with Gasteiger partial charge in [0.25, 0.3) is 5.91 Å². The highest BCUT2D eigenvalue weighted by Gasteiger charge is 2.26.